The van der Waals surface area contributed by atoms with Crippen LogP contribution in [0, 0.1) is 0 Å². The van der Waals surface area contributed by atoms with Crippen LogP contribution in [0.5, 0.6) is 5.75 Å². The largest absolute Gasteiger partial charge is 0.495 e. The maximum atomic E-state index is 6.08. The van der Waals surface area contributed by atoms with Crippen molar-refractivity contribution in [1.29, 1.82) is 0 Å². The van der Waals surface area contributed by atoms with Gasteiger partial charge in [-0.15, -0.1) is 0 Å². The Morgan fingerprint density at radius 3 is 2.53 bits per heavy atom. The van der Waals surface area contributed by atoms with Crippen molar-refractivity contribution in [2.24, 2.45) is 0 Å². The Morgan fingerprint density at radius 1 is 1.32 bits per heavy atom. The van der Waals surface area contributed by atoms with Gasteiger partial charge in [0.2, 0.25) is 0 Å². The van der Waals surface area contributed by atoms with E-state index in [0.717, 1.165) is 12.1 Å². The summed E-state index contributed by atoms with van der Waals surface area (Å²) < 4.78 is 11.3. The topological polar surface area (TPSA) is 30.5 Å². The fourth-order valence-corrected chi connectivity index (χ4v) is 2.93. The van der Waals surface area contributed by atoms with Crippen LogP contribution in [0.25, 0.3) is 0 Å². The third-order valence-corrected chi connectivity index (χ3v) is 3.88. The van der Waals surface area contributed by atoms with E-state index in [1.54, 1.807) is 7.11 Å². The number of methoxy groups -OCH3 is 1. The molecular formula is C15H22ClNO2. The predicted octanol–water partition coefficient (Wildman–Crippen LogP) is 4.11. The Balaban J connectivity index is 2.17. The monoisotopic (exact) mass is 283 g/mol. The van der Waals surface area contributed by atoms with Crippen LogP contribution in [-0.2, 0) is 4.74 Å². The maximum absolute atomic E-state index is 6.08. The Hall–Kier alpha value is -0.930. The standard InChI is InChI=1S/C15H22ClNO2/c1-14(2)9-13(15(3,4)19-14)17-10-6-7-11(16)12(8-10)18-5/h6-8,13,17H,9H2,1-5H3. The van der Waals surface area contributed by atoms with E-state index in [0.29, 0.717) is 10.8 Å². The molecular weight excluding hydrogens is 262 g/mol. The molecule has 1 unspecified atom stereocenters. The van der Waals surface area contributed by atoms with Crippen molar-refractivity contribution >= 4 is 17.3 Å². The molecule has 3 nitrogen and oxygen atoms in total. The maximum Gasteiger partial charge on any atom is 0.139 e. The summed E-state index contributed by atoms with van der Waals surface area (Å²) >= 11 is 6.04. The molecule has 1 heterocycles. The second-order valence-electron chi connectivity index (χ2n) is 6.22. The molecule has 0 amide bonds. The number of hydrogen-bond donors (Lipinski definition) is 1. The summed E-state index contributed by atoms with van der Waals surface area (Å²) in [5.41, 5.74) is 0.703. The summed E-state index contributed by atoms with van der Waals surface area (Å²) in [5, 5.41) is 4.15. The van der Waals surface area contributed by atoms with E-state index in [4.69, 9.17) is 21.1 Å². The first-order chi connectivity index (χ1) is 8.73. The summed E-state index contributed by atoms with van der Waals surface area (Å²) in [6.45, 7) is 8.48. The average Bonchev–Trinajstić information content (AvgIpc) is 2.49. The lowest BCUT2D eigenvalue weighted by atomic mass is 9.94. The molecule has 4 heteroatoms. The molecule has 0 saturated carbocycles. The quantitative estimate of drug-likeness (QED) is 0.906. The van der Waals surface area contributed by atoms with Gasteiger partial charge in [-0.3, -0.25) is 0 Å². The van der Waals surface area contributed by atoms with Crippen LogP contribution >= 0.6 is 11.6 Å². The highest BCUT2D eigenvalue weighted by atomic mass is 35.5. The number of nitrogens with one attached hydrogen (secondary N) is 1. The molecule has 1 N–H and O–H groups in total. The van der Waals surface area contributed by atoms with Gasteiger partial charge in [0, 0.05) is 11.8 Å². The summed E-state index contributed by atoms with van der Waals surface area (Å²) in [7, 11) is 1.62. The van der Waals surface area contributed by atoms with E-state index in [1.807, 2.05) is 18.2 Å². The van der Waals surface area contributed by atoms with E-state index in [2.05, 4.69) is 33.0 Å². The number of rotatable bonds is 3. The Labute approximate surface area is 120 Å². The SMILES string of the molecule is COc1cc(NC2CC(C)(C)OC2(C)C)ccc1Cl. The lowest BCUT2D eigenvalue weighted by molar-refractivity contribution is -0.0662. The van der Waals surface area contributed by atoms with Crippen LogP contribution in [0.3, 0.4) is 0 Å². The molecule has 1 aromatic carbocycles. The van der Waals surface area contributed by atoms with Crippen LogP contribution in [0.15, 0.2) is 18.2 Å². The highest BCUT2D eigenvalue weighted by Crippen LogP contribution is 2.39. The highest BCUT2D eigenvalue weighted by Gasteiger charge is 2.45. The first kappa shape index (κ1) is 14.5. The van der Waals surface area contributed by atoms with Gasteiger partial charge >= 0.3 is 0 Å². The van der Waals surface area contributed by atoms with Gasteiger partial charge in [-0.05, 0) is 46.2 Å². The van der Waals surface area contributed by atoms with Gasteiger partial charge < -0.3 is 14.8 Å². The Morgan fingerprint density at radius 2 is 2.00 bits per heavy atom. The van der Waals surface area contributed by atoms with E-state index < -0.39 is 0 Å². The second kappa shape index (κ2) is 4.88. The van der Waals surface area contributed by atoms with Crippen molar-refractivity contribution < 1.29 is 9.47 Å². The Kier molecular flexibility index (Phi) is 3.72. The molecule has 1 aromatic rings. The predicted molar refractivity (Wildman–Crippen MR) is 79.3 cm³/mol. The highest BCUT2D eigenvalue weighted by molar-refractivity contribution is 6.32. The normalized spacial score (nSPS) is 24.2. The van der Waals surface area contributed by atoms with Crippen molar-refractivity contribution in [3.63, 3.8) is 0 Å². The molecule has 0 spiro atoms. The van der Waals surface area contributed by atoms with E-state index >= 15 is 0 Å². The molecule has 1 saturated heterocycles. The first-order valence-electron chi connectivity index (χ1n) is 6.54. The number of benzene rings is 1. The minimum atomic E-state index is -0.198. The van der Waals surface area contributed by atoms with Crippen molar-refractivity contribution in [3.05, 3.63) is 23.2 Å². The van der Waals surface area contributed by atoms with Gasteiger partial charge in [0.15, 0.2) is 0 Å². The van der Waals surface area contributed by atoms with Crippen LogP contribution in [0.2, 0.25) is 5.02 Å². The summed E-state index contributed by atoms with van der Waals surface area (Å²) in [5.74, 6) is 0.683. The molecule has 1 atom stereocenters. The average molecular weight is 284 g/mol. The summed E-state index contributed by atoms with van der Waals surface area (Å²) in [6, 6.07) is 5.99. The second-order valence-corrected chi connectivity index (χ2v) is 6.62. The molecule has 0 aromatic heterocycles. The fraction of sp³-hybridized carbons (Fsp3) is 0.600. The van der Waals surface area contributed by atoms with E-state index in [9.17, 15) is 0 Å². The van der Waals surface area contributed by atoms with E-state index in [-0.39, 0.29) is 17.2 Å². The molecule has 1 aliphatic heterocycles. The molecule has 2 rings (SSSR count). The minimum Gasteiger partial charge on any atom is -0.495 e. The van der Waals surface area contributed by atoms with Crippen molar-refractivity contribution in [2.45, 2.75) is 51.4 Å². The van der Waals surface area contributed by atoms with Gasteiger partial charge in [0.05, 0.1) is 29.4 Å². The zero-order valence-corrected chi connectivity index (χ0v) is 13.0. The first-order valence-corrected chi connectivity index (χ1v) is 6.91. The molecule has 0 bridgehead atoms. The molecule has 19 heavy (non-hydrogen) atoms. The zero-order chi connectivity index (χ0) is 14.3. The van der Waals surface area contributed by atoms with Gasteiger partial charge in [-0.2, -0.15) is 0 Å². The fourth-order valence-electron chi connectivity index (χ4n) is 2.74. The third kappa shape index (κ3) is 3.15. The molecule has 106 valence electrons. The number of hydrogen-bond acceptors (Lipinski definition) is 3. The number of anilines is 1. The Bertz CT molecular complexity index is 471. The smallest absolute Gasteiger partial charge is 0.139 e. The zero-order valence-electron chi connectivity index (χ0n) is 12.2. The molecule has 0 aliphatic carbocycles. The van der Waals surface area contributed by atoms with Gasteiger partial charge in [0.1, 0.15) is 5.75 Å². The van der Waals surface area contributed by atoms with Gasteiger partial charge in [-0.25, -0.2) is 0 Å². The van der Waals surface area contributed by atoms with E-state index in [1.165, 1.54) is 0 Å². The van der Waals surface area contributed by atoms with Crippen LogP contribution in [-0.4, -0.2) is 24.4 Å². The lowest BCUT2D eigenvalue weighted by Crippen LogP contribution is -2.38. The van der Waals surface area contributed by atoms with Crippen LogP contribution < -0.4 is 10.1 Å². The number of ether oxygens (including phenoxy) is 2. The van der Waals surface area contributed by atoms with Gasteiger partial charge in [-0.1, -0.05) is 11.6 Å². The lowest BCUT2D eigenvalue weighted by Gasteiger charge is -2.28. The summed E-state index contributed by atoms with van der Waals surface area (Å²) in [4.78, 5) is 0. The molecule has 0 radical (unpaired) electrons. The molecule has 1 fully saturated rings. The third-order valence-electron chi connectivity index (χ3n) is 3.57. The van der Waals surface area contributed by atoms with Crippen LogP contribution in [0.1, 0.15) is 34.1 Å². The van der Waals surface area contributed by atoms with Crippen molar-refractivity contribution in [2.75, 3.05) is 12.4 Å². The van der Waals surface area contributed by atoms with Gasteiger partial charge in [0.25, 0.3) is 0 Å². The van der Waals surface area contributed by atoms with Crippen LogP contribution in [0.4, 0.5) is 5.69 Å². The van der Waals surface area contributed by atoms with Crippen molar-refractivity contribution in [1.82, 2.24) is 0 Å². The number of halogens is 1. The summed E-state index contributed by atoms with van der Waals surface area (Å²) in [6.07, 6.45) is 0.963. The molecule has 1 aliphatic rings. The van der Waals surface area contributed by atoms with Crippen molar-refractivity contribution in [3.8, 4) is 5.75 Å². The minimum absolute atomic E-state index is 0.0995.